The van der Waals surface area contributed by atoms with Gasteiger partial charge in [0, 0.05) is 33.3 Å². The van der Waals surface area contributed by atoms with Crippen LogP contribution in [0.1, 0.15) is 39.6 Å². The Hall–Kier alpha value is -4.16. The first-order chi connectivity index (χ1) is 17.7. The zero-order valence-corrected chi connectivity index (χ0v) is 20.3. The Balaban J connectivity index is 1.17. The van der Waals surface area contributed by atoms with Crippen LogP contribution in [0.4, 0.5) is 0 Å². The molecule has 2 heterocycles. The van der Waals surface area contributed by atoms with Crippen LogP contribution < -0.4 is 5.32 Å². The third-order valence-corrected chi connectivity index (χ3v) is 7.42. The molecule has 6 rings (SSSR count). The average Bonchev–Trinajstić information content (AvgIpc) is 3.58. The van der Waals surface area contributed by atoms with Gasteiger partial charge in [0.1, 0.15) is 0 Å². The lowest BCUT2D eigenvalue weighted by Gasteiger charge is -2.10. The first-order valence-electron chi connectivity index (χ1n) is 11.9. The number of H-pyrrole nitrogens is 1. The van der Waals surface area contributed by atoms with Gasteiger partial charge in [-0.15, -0.1) is 0 Å². The highest BCUT2D eigenvalue weighted by atomic mass is 32.2. The SMILES string of the molecule is O=C(N[C@@H]1C[C@H]1c1ccccc1)c1ccccc1Sc1ccc2c(/C=C/c3ccccn3)n[nH]c2c1. The molecule has 0 aliphatic heterocycles. The first kappa shape index (κ1) is 22.3. The molecule has 2 N–H and O–H groups in total. The van der Waals surface area contributed by atoms with E-state index >= 15 is 0 Å². The summed E-state index contributed by atoms with van der Waals surface area (Å²) in [6, 6.07) is 30.4. The quantitative estimate of drug-likeness (QED) is 0.272. The molecule has 5 aromatic rings. The Kier molecular flexibility index (Phi) is 6.10. The van der Waals surface area contributed by atoms with Gasteiger partial charge in [0.15, 0.2) is 0 Å². The van der Waals surface area contributed by atoms with Crippen LogP contribution >= 0.6 is 11.8 Å². The number of pyridine rings is 1. The molecule has 36 heavy (non-hydrogen) atoms. The molecule has 1 amide bonds. The molecule has 5 nitrogen and oxygen atoms in total. The summed E-state index contributed by atoms with van der Waals surface area (Å²) in [4.78, 5) is 19.4. The highest BCUT2D eigenvalue weighted by Crippen LogP contribution is 2.41. The maximum Gasteiger partial charge on any atom is 0.252 e. The lowest BCUT2D eigenvalue weighted by Crippen LogP contribution is -2.27. The van der Waals surface area contributed by atoms with Gasteiger partial charge in [0.2, 0.25) is 0 Å². The Morgan fingerprint density at radius 1 is 0.944 bits per heavy atom. The Morgan fingerprint density at radius 3 is 2.64 bits per heavy atom. The van der Waals surface area contributed by atoms with Crippen molar-refractivity contribution in [2.75, 3.05) is 0 Å². The van der Waals surface area contributed by atoms with Crippen molar-refractivity contribution in [2.45, 2.75) is 28.2 Å². The van der Waals surface area contributed by atoms with Crippen LogP contribution in [0.25, 0.3) is 23.1 Å². The molecule has 1 saturated carbocycles. The predicted octanol–water partition coefficient (Wildman–Crippen LogP) is 6.57. The number of carbonyl (C=O) groups is 1. The van der Waals surface area contributed by atoms with E-state index in [1.807, 2.05) is 60.7 Å². The molecular formula is C30H24N4OS. The monoisotopic (exact) mass is 488 g/mol. The smallest absolute Gasteiger partial charge is 0.252 e. The number of aromatic amines is 1. The molecule has 6 heteroatoms. The molecule has 0 bridgehead atoms. The summed E-state index contributed by atoms with van der Waals surface area (Å²) >= 11 is 1.58. The third kappa shape index (κ3) is 4.81. The topological polar surface area (TPSA) is 70.7 Å². The van der Waals surface area contributed by atoms with Gasteiger partial charge < -0.3 is 5.32 Å². The summed E-state index contributed by atoms with van der Waals surface area (Å²) in [6.45, 7) is 0. The van der Waals surface area contributed by atoms with Crippen LogP contribution in [-0.4, -0.2) is 27.1 Å². The van der Waals surface area contributed by atoms with Gasteiger partial charge in [0.25, 0.3) is 5.91 Å². The van der Waals surface area contributed by atoms with Gasteiger partial charge in [-0.3, -0.25) is 14.9 Å². The van der Waals surface area contributed by atoms with E-state index in [1.54, 1.807) is 18.0 Å². The van der Waals surface area contributed by atoms with Crippen LogP contribution in [0.15, 0.2) is 107 Å². The second-order valence-corrected chi connectivity index (χ2v) is 9.95. The van der Waals surface area contributed by atoms with Crippen LogP contribution in [0.3, 0.4) is 0 Å². The molecule has 0 spiro atoms. The molecule has 1 aliphatic rings. The number of carbonyl (C=O) groups excluding carboxylic acids is 1. The van der Waals surface area contributed by atoms with E-state index in [9.17, 15) is 4.79 Å². The zero-order valence-electron chi connectivity index (χ0n) is 19.5. The fourth-order valence-electron chi connectivity index (χ4n) is 4.39. The number of benzene rings is 3. The molecule has 0 radical (unpaired) electrons. The summed E-state index contributed by atoms with van der Waals surface area (Å²) in [6.07, 6.45) is 6.68. The number of nitrogens with one attached hydrogen (secondary N) is 2. The fourth-order valence-corrected chi connectivity index (χ4v) is 5.37. The Labute approximate surface area is 213 Å². The lowest BCUT2D eigenvalue weighted by molar-refractivity contribution is 0.0947. The van der Waals surface area contributed by atoms with Crippen molar-refractivity contribution in [1.29, 1.82) is 0 Å². The van der Waals surface area contributed by atoms with Crippen molar-refractivity contribution < 1.29 is 4.79 Å². The van der Waals surface area contributed by atoms with Crippen LogP contribution in [-0.2, 0) is 0 Å². The summed E-state index contributed by atoms with van der Waals surface area (Å²) in [5.74, 6) is 0.379. The Bertz CT molecular complexity index is 1550. The van der Waals surface area contributed by atoms with Crippen molar-refractivity contribution in [2.24, 2.45) is 0 Å². The van der Waals surface area contributed by atoms with E-state index in [-0.39, 0.29) is 11.9 Å². The van der Waals surface area contributed by atoms with Crippen LogP contribution in [0, 0.1) is 0 Å². The number of nitrogens with zero attached hydrogens (tertiary/aromatic N) is 2. The van der Waals surface area contributed by atoms with Crippen molar-refractivity contribution >= 4 is 40.7 Å². The van der Waals surface area contributed by atoms with E-state index in [0.29, 0.717) is 11.5 Å². The second-order valence-electron chi connectivity index (χ2n) is 8.84. The number of amides is 1. The van der Waals surface area contributed by atoms with E-state index in [2.05, 4.69) is 63.0 Å². The summed E-state index contributed by atoms with van der Waals surface area (Å²) in [5, 5.41) is 11.9. The van der Waals surface area contributed by atoms with Crippen molar-refractivity contribution in [3.8, 4) is 0 Å². The van der Waals surface area contributed by atoms with E-state index in [4.69, 9.17) is 0 Å². The lowest BCUT2D eigenvalue weighted by atomic mass is 10.1. The highest BCUT2D eigenvalue weighted by Gasteiger charge is 2.39. The van der Waals surface area contributed by atoms with Crippen LogP contribution in [0.2, 0.25) is 0 Å². The van der Waals surface area contributed by atoms with Gasteiger partial charge in [-0.25, -0.2) is 0 Å². The van der Waals surface area contributed by atoms with Crippen molar-refractivity contribution in [3.05, 3.63) is 120 Å². The standard InChI is InChI=1S/C30H24N4OS/c35-30(32-27-19-25(27)20-8-2-1-3-9-20)24-11-4-5-12-29(24)36-22-14-15-23-26(33-34-28(23)18-22)16-13-21-10-6-7-17-31-21/h1-18,25,27H,19H2,(H,32,35)(H,33,34)/b16-13+/t25-,27+/m0/s1. The molecular weight excluding hydrogens is 464 g/mol. The van der Waals surface area contributed by atoms with Gasteiger partial charge in [0.05, 0.1) is 22.5 Å². The molecule has 1 aliphatic carbocycles. The number of fused-ring (bicyclic) bond motifs is 1. The minimum Gasteiger partial charge on any atom is -0.349 e. The molecule has 2 aromatic heterocycles. The summed E-state index contributed by atoms with van der Waals surface area (Å²) in [7, 11) is 0. The largest absolute Gasteiger partial charge is 0.349 e. The minimum absolute atomic E-state index is 0.0221. The minimum atomic E-state index is -0.0221. The second kappa shape index (κ2) is 9.84. The van der Waals surface area contributed by atoms with Gasteiger partial charge in [-0.2, -0.15) is 5.10 Å². The number of aromatic nitrogens is 3. The van der Waals surface area contributed by atoms with E-state index in [1.165, 1.54) is 5.56 Å². The van der Waals surface area contributed by atoms with E-state index in [0.717, 1.165) is 38.5 Å². The zero-order chi connectivity index (χ0) is 24.3. The normalized spacial score (nSPS) is 16.9. The van der Waals surface area contributed by atoms with Crippen LogP contribution in [0.5, 0.6) is 0 Å². The predicted molar refractivity (Wildman–Crippen MR) is 145 cm³/mol. The molecule has 2 atom stereocenters. The average molecular weight is 489 g/mol. The number of hydrogen-bond acceptors (Lipinski definition) is 4. The molecule has 176 valence electrons. The van der Waals surface area contributed by atoms with Gasteiger partial charge in [-0.1, -0.05) is 60.3 Å². The molecule has 0 unspecified atom stereocenters. The maximum atomic E-state index is 13.1. The molecule has 3 aromatic carbocycles. The van der Waals surface area contributed by atoms with Gasteiger partial charge >= 0.3 is 0 Å². The molecule has 1 fully saturated rings. The Morgan fingerprint density at radius 2 is 1.78 bits per heavy atom. The highest BCUT2D eigenvalue weighted by molar-refractivity contribution is 7.99. The fraction of sp³-hybridized carbons (Fsp3) is 0.100. The summed E-state index contributed by atoms with van der Waals surface area (Å²) in [5.41, 5.74) is 4.69. The molecule has 0 saturated heterocycles. The maximum absolute atomic E-state index is 13.1. The van der Waals surface area contributed by atoms with Crippen molar-refractivity contribution in [1.82, 2.24) is 20.5 Å². The third-order valence-electron chi connectivity index (χ3n) is 6.36. The van der Waals surface area contributed by atoms with Crippen molar-refractivity contribution in [3.63, 3.8) is 0 Å². The van der Waals surface area contributed by atoms with E-state index < -0.39 is 0 Å². The van der Waals surface area contributed by atoms with Gasteiger partial charge in [-0.05, 0) is 66.6 Å². The number of hydrogen-bond donors (Lipinski definition) is 2. The first-order valence-corrected chi connectivity index (χ1v) is 12.8. The summed E-state index contributed by atoms with van der Waals surface area (Å²) < 4.78 is 0. The number of rotatable bonds is 7.